The molecular formula is C6H14F2. The second kappa shape index (κ2) is 9.97. The molecule has 0 aliphatic carbocycles. The largest absolute Gasteiger partial charge is 0.235 e. The lowest BCUT2D eigenvalue weighted by molar-refractivity contribution is 0.171. The summed E-state index contributed by atoms with van der Waals surface area (Å²) in [5.74, 6) is 0. The van der Waals surface area contributed by atoms with Gasteiger partial charge in [0.2, 0.25) is 6.43 Å². The second-order valence-corrected chi connectivity index (χ2v) is 1.52. The summed E-state index contributed by atoms with van der Waals surface area (Å²) in [6.07, 6.45) is 0.472. The van der Waals surface area contributed by atoms with E-state index in [0.29, 0.717) is 0 Å². The zero-order valence-corrected chi connectivity index (χ0v) is 5.75. The standard InChI is InChI=1S/C4H10.C2H4F2/c1-3-4-2;1-2(3)4/h3-4H2,1-2H3;2H,1H3. The van der Waals surface area contributed by atoms with Crippen LogP contribution in [0.1, 0.15) is 33.6 Å². The van der Waals surface area contributed by atoms with Crippen molar-refractivity contribution in [3.8, 4) is 0 Å². The van der Waals surface area contributed by atoms with Crippen molar-refractivity contribution in [2.45, 2.75) is 40.0 Å². The number of rotatable bonds is 1. The van der Waals surface area contributed by atoms with Crippen LogP contribution in [0.25, 0.3) is 0 Å². The van der Waals surface area contributed by atoms with Crippen LogP contribution >= 0.6 is 0 Å². The van der Waals surface area contributed by atoms with Gasteiger partial charge in [0.1, 0.15) is 0 Å². The smallest absolute Gasteiger partial charge is 0.211 e. The summed E-state index contributed by atoms with van der Waals surface area (Å²) in [7, 11) is 0. The van der Waals surface area contributed by atoms with E-state index in [1.807, 2.05) is 0 Å². The van der Waals surface area contributed by atoms with E-state index in [0.717, 1.165) is 6.92 Å². The lowest BCUT2D eigenvalue weighted by Gasteiger charge is -1.70. The molecule has 0 unspecified atom stereocenters. The zero-order chi connectivity index (χ0) is 6.99. The maximum absolute atomic E-state index is 10.3. The van der Waals surface area contributed by atoms with Gasteiger partial charge in [-0.25, -0.2) is 8.78 Å². The summed E-state index contributed by atoms with van der Waals surface area (Å²) in [4.78, 5) is 0. The molecule has 0 aromatic carbocycles. The average Bonchev–Trinajstić information content (AvgIpc) is 1.65. The molecule has 0 aromatic rings. The highest BCUT2D eigenvalue weighted by Gasteiger charge is 1.79. The van der Waals surface area contributed by atoms with Gasteiger partial charge in [-0.05, 0) is 6.92 Å². The number of alkyl halides is 2. The van der Waals surface area contributed by atoms with Crippen LogP contribution < -0.4 is 0 Å². The van der Waals surface area contributed by atoms with E-state index in [1.165, 1.54) is 12.8 Å². The molecule has 0 aliphatic heterocycles. The SMILES string of the molecule is CC(F)F.CCCC. The maximum atomic E-state index is 10.3. The minimum absolute atomic E-state index is 0.833. The van der Waals surface area contributed by atoms with Gasteiger partial charge in [0.25, 0.3) is 0 Å². The summed E-state index contributed by atoms with van der Waals surface area (Å²) in [5, 5.41) is 0. The molecule has 0 aliphatic rings. The quantitative estimate of drug-likeness (QED) is 0.504. The van der Waals surface area contributed by atoms with E-state index in [2.05, 4.69) is 13.8 Å². The fraction of sp³-hybridized carbons (Fsp3) is 1.00. The van der Waals surface area contributed by atoms with Crippen molar-refractivity contribution in [1.82, 2.24) is 0 Å². The Morgan fingerprint density at radius 1 is 1.12 bits per heavy atom. The molecule has 0 nitrogen and oxygen atoms in total. The lowest BCUT2D eigenvalue weighted by atomic mass is 10.4. The van der Waals surface area contributed by atoms with Gasteiger partial charge in [0, 0.05) is 0 Å². The Kier molecular flexibility index (Phi) is 13.4. The van der Waals surface area contributed by atoms with Crippen molar-refractivity contribution in [2.75, 3.05) is 0 Å². The Hall–Kier alpha value is -0.140. The monoisotopic (exact) mass is 124 g/mol. The Bertz CT molecular complexity index is 23.0. The molecular weight excluding hydrogens is 110 g/mol. The van der Waals surface area contributed by atoms with Crippen molar-refractivity contribution in [2.24, 2.45) is 0 Å². The highest BCUT2D eigenvalue weighted by atomic mass is 19.3. The van der Waals surface area contributed by atoms with E-state index in [4.69, 9.17) is 0 Å². The topological polar surface area (TPSA) is 0 Å². The van der Waals surface area contributed by atoms with E-state index < -0.39 is 6.43 Å². The summed E-state index contributed by atoms with van der Waals surface area (Å²) in [6.45, 7) is 5.19. The van der Waals surface area contributed by atoms with Gasteiger partial charge >= 0.3 is 0 Å². The first kappa shape index (κ1) is 10.8. The Morgan fingerprint density at radius 3 is 1.25 bits per heavy atom. The first-order valence-electron chi connectivity index (χ1n) is 2.93. The van der Waals surface area contributed by atoms with Gasteiger partial charge in [0.15, 0.2) is 0 Å². The van der Waals surface area contributed by atoms with Crippen LogP contribution in [0.3, 0.4) is 0 Å². The van der Waals surface area contributed by atoms with Crippen molar-refractivity contribution >= 4 is 0 Å². The molecule has 0 radical (unpaired) electrons. The highest BCUT2D eigenvalue weighted by Crippen LogP contribution is 1.82. The molecule has 0 aromatic heterocycles. The minimum Gasteiger partial charge on any atom is -0.211 e. The van der Waals surface area contributed by atoms with Crippen LogP contribution in [0.5, 0.6) is 0 Å². The average molecular weight is 124 g/mol. The van der Waals surface area contributed by atoms with E-state index in [-0.39, 0.29) is 0 Å². The van der Waals surface area contributed by atoms with Crippen LogP contribution in [0.15, 0.2) is 0 Å². The third-order valence-corrected chi connectivity index (χ3v) is 0.500. The Labute approximate surface area is 49.9 Å². The number of unbranched alkanes of at least 4 members (excludes halogenated alkanes) is 1. The van der Waals surface area contributed by atoms with Crippen LogP contribution in [-0.2, 0) is 0 Å². The molecule has 0 amide bonds. The van der Waals surface area contributed by atoms with Crippen molar-refractivity contribution in [3.05, 3.63) is 0 Å². The van der Waals surface area contributed by atoms with Crippen LogP contribution in [0, 0.1) is 0 Å². The fourth-order valence-corrected chi connectivity index (χ4v) is 0. The first-order chi connectivity index (χ1) is 3.65. The van der Waals surface area contributed by atoms with E-state index >= 15 is 0 Å². The van der Waals surface area contributed by atoms with Crippen LogP contribution in [0.2, 0.25) is 0 Å². The predicted molar refractivity (Wildman–Crippen MR) is 32.3 cm³/mol. The third kappa shape index (κ3) is 187. The first-order valence-corrected chi connectivity index (χ1v) is 2.93. The lowest BCUT2D eigenvalue weighted by Crippen LogP contribution is -1.69. The molecule has 0 rings (SSSR count). The molecule has 0 N–H and O–H groups in total. The summed E-state index contributed by atoms with van der Waals surface area (Å²) >= 11 is 0. The van der Waals surface area contributed by atoms with Crippen LogP contribution in [-0.4, -0.2) is 6.43 Å². The zero-order valence-electron chi connectivity index (χ0n) is 5.75. The summed E-state index contributed by atoms with van der Waals surface area (Å²) in [5.41, 5.74) is 0. The fourth-order valence-electron chi connectivity index (χ4n) is 0. The minimum atomic E-state index is -2.17. The molecule has 0 bridgehead atoms. The van der Waals surface area contributed by atoms with E-state index in [9.17, 15) is 8.78 Å². The molecule has 0 saturated carbocycles. The predicted octanol–water partition coefficient (Wildman–Crippen LogP) is 3.08. The highest BCUT2D eigenvalue weighted by molar-refractivity contribution is 4.12. The molecule has 0 heterocycles. The normalized spacial score (nSPS) is 8.25. The van der Waals surface area contributed by atoms with Gasteiger partial charge in [-0.2, -0.15) is 0 Å². The van der Waals surface area contributed by atoms with Crippen molar-refractivity contribution in [1.29, 1.82) is 0 Å². The molecule has 0 saturated heterocycles. The van der Waals surface area contributed by atoms with Gasteiger partial charge in [-0.1, -0.05) is 26.7 Å². The third-order valence-electron chi connectivity index (χ3n) is 0.500. The number of hydrogen-bond acceptors (Lipinski definition) is 0. The summed E-state index contributed by atoms with van der Waals surface area (Å²) in [6, 6.07) is 0. The van der Waals surface area contributed by atoms with Gasteiger partial charge < -0.3 is 0 Å². The Balaban J connectivity index is 0. The molecule has 0 atom stereocenters. The molecule has 8 heavy (non-hydrogen) atoms. The second-order valence-electron chi connectivity index (χ2n) is 1.52. The number of hydrogen-bond donors (Lipinski definition) is 0. The molecule has 0 fully saturated rings. The number of halogens is 2. The van der Waals surface area contributed by atoms with Gasteiger partial charge in [-0.3, -0.25) is 0 Å². The van der Waals surface area contributed by atoms with Gasteiger partial charge in [0.05, 0.1) is 0 Å². The van der Waals surface area contributed by atoms with E-state index in [1.54, 1.807) is 0 Å². The van der Waals surface area contributed by atoms with Gasteiger partial charge in [-0.15, -0.1) is 0 Å². The Morgan fingerprint density at radius 2 is 1.25 bits per heavy atom. The molecule has 52 valence electrons. The molecule has 2 heteroatoms. The molecule has 0 spiro atoms. The summed E-state index contributed by atoms with van der Waals surface area (Å²) < 4.78 is 20.7. The van der Waals surface area contributed by atoms with Crippen LogP contribution in [0.4, 0.5) is 8.78 Å². The maximum Gasteiger partial charge on any atom is 0.235 e. The van der Waals surface area contributed by atoms with Crippen molar-refractivity contribution < 1.29 is 8.78 Å². The van der Waals surface area contributed by atoms with Crippen molar-refractivity contribution in [3.63, 3.8) is 0 Å².